The summed E-state index contributed by atoms with van der Waals surface area (Å²) in [6.45, 7) is 8.50. The minimum atomic E-state index is -1.14. The number of hydrogen-bond acceptors (Lipinski definition) is 10. The zero-order valence-corrected chi connectivity index (χ0v) is 17.9. The average Bonchev–Trinajstić information content (AvgIpc) is 3.30. The van der Waals surface area contributed by atoms with E-state index < -0.39 is 23.3 Å². The summed E-state index contributed by atoms with van der Waals surface area (Å²) in [7, 11) is 0. The molecular weight excluding hydrogens is 424 g/mol. The highest BCUT2D eigenvalue weighted by Crippen LogP contribution is 2.06. The van der Waals surface area contributed by atoms with Crippen molar-refractivity contribution in [3.63, 3.8) is 0 Å². The maximum absolute atomic E-state index is 11.0. The smallest absolute Gasteiger partial charge is 0.376 e. The van der Waals surface area contributed by atoms with E-state index in [1.165, 1.54) is 13.3 Å². The summed E-state index contributed by atoms with van der Waals surface area (Å²) in [5.41, 5.74) is 0.964. The number of aromatic carboxylic acids is 1. The maximum atomic E-state index is 11.0. The highest BCUT2D eigenvalue weighted by Gasteiger charge is 2.20. The lowest BCUT2D eigenvalue weighted by molar-refractivity contribution is -0.144. The lowest BCUT2D eigenvalue weighted by Gasteiger charge is -2.03. The minimum absolute atomic E-state index is 0.0880. The fourth-order valence-electron chi connectivity index (χ4n) is 1.58. The second-order valence-electron chi connectivity index (χ2n) is 5.28. The van der Waals surface area contributed by atoms with Crippen LogP contribution in [-0.2, 0) is 19.1 Å². The lowest BCUT2D eigenvalue weighted by Crippen LogP contribution is -2.24. The number of oxazole rings is 2. The van der Waals surface area contributed by atoms with Gasteiger partial charge in [0.15, 0.2) is 23.9 Å². The predicted molar refractivity (Wildman–Crippen MR) is 102 cm³/mol. The summed E-state index contributed by atoms with van der Waals surface area (Å²) < 4.78 is 18.5. The van der Waals surface area contributed by atoms with Crippen molar-refractivity contribution in [3.05, 3.63) is 35.7 Å². The zero-order valence-electron chi connectivity index (χ0n) is 17.1. The Balaban J connectivity index is 0.000000423. The molecule has 0 bridgehead atoms. The van der Waals surface area contributed by atoms with Crippen molar-refractivity contribution >= 4 is 35.3 Å². The molecular formula is C18H23ClN2O9. The Morgan fingerprint density at radius 1 is 1.00 bits per heavy atom. The number of carbonyl (C=O) groups excluding carboxylic acids is 3. The van der Waals surface area contributed by atoms with Gasteiger partial charge in [0.1, 0.15) is 0 Å². The third-order valence-corrected chi connectivity index (χ3v) is 3.48. The number of alkyl halides is 1. The van der Waals surface area contributed by atoms with E-state index >= 15 is 0 Å². The molecule has 2 rings (SSSR count). The summed E-state index contributed by atoms with van der Waals surface area (Å²) in [6, 6.07) is 0. The number of nitrogens with zero attached hydrogens (tertiary/aromatic N) is 2. The van der Waals surface area contributed by atoms with E-state index in [1.54, 1.807) is 27.7 Å². The first kappa shape index (κ1) is 26.8. The molecule has 1 unspecified atom stereocenters. The number of rotatable bonds is 6. The Bertz CT molecular complexity index is 844. The van der Waals surface area contributed by atoms with Crippen LogP contribution in [0.15, 0.2) is 21.6 Å². The van der Waals surface area contributed by atoms with Crippen LogP contribution in [0.2, 0.25) is 0 Å². The number of carboxylic acids is 1. The van der Waals surface area contributed by atoms with E-state index in [0.717, 1.165) is 6.39 Å². The number of halogens is 1. The van der Waals surface area contributed by atoms with Crippen LogP contribution in [0.4, 0.5) is 0 Å². The van der Waals surface area contributed by atoms with Gasteiger partial charge in [0.05, 0.1) is 24.6 Å². The molecule has 0 radical (unpaired) electrons. The van der Waals surface area contributed by atoms with E-state index in [1.807, 2.05) is 0 Å². The van der Waals surface area contributed by atoms with Crippen LogP contribution < -0.4 is 0 Å². The minimum Gasteiger partial charge on any atom is -0.475 e. The summed E-state index contributed by atoms with van der Waals surface area (Å²) in [5, 5.41) is 7.18. The SMILES string of the molecule is CCOC(=O)C(Cl)C(C)=O.CCOC(=O)c1ocnc1C.Cc1ncoc1C(=O)O. The highest BCUT2D eigenvalue weighted by molar-refractivity contribution is 6.40. The number of esters is 2. The van der Waals surface area contributed by atoms with Crippen molar-refractivity contribution in [2.75, 3.05) is 13.2 Å². The Morgan fingerprint density at radius 3 is 1.77 bits per heavy atom. The van der Waals surface area contributed by atoms with Gasteiger partial charge in [-0.05, 0) is 34.6 Å². The van der Waals surface area contributed by atoms with Gasteiger partial charge in [-0.25, -0.2) is 24.4 Å². The molecule has 0 fully saturated rings. The second-order valence-corrected chi connectivity index (χ2v) is 5.72. The molecule has 0 saturated heterocycles. The van der Waals surface area contributed by atoms with Crippen LogP contribution in [0, 0.1) is 13.8 Å². The quantitative estimate of drug-likeness (QED) is 0.394. The molecule has 0 amide bonds. The summed E-state index contributed by atoms with van der Waals surface area (Å²) in [5.74, 6) is -2.49. The van der Waals surface area contributed by atoms with Gasteiger partial charge in [0.25, 0.3) is 0 Å². The van der Waals surface area contributed by atoms with Crippen molar-refractivity contribution in [3.8, 4) is 0 Å². The van der Waals surface area contributed by atoms with Crippen molar-refractivity contribution in [1.82, 2.24) is 9.97 Å². The molecule has 1 N–H and O–H groups in total. The van der Waals surface area contributed by atoms with Crippen LogP contribution in [-0.4, -0.2) is 57.4 Å². The predicted octanol–water partition coefficient (Wildman–Crippen LogP) is 2.59. The molecule has 166 valence electrons. The van der Waals surface area contributed by atoms with Gasteiger partial charge in [-0.1, -0.05) is 0 Å². The molecule has 30 heavy (non-hydrogen) atoms. The Labute approximate surface area is 177 Å². The maximum Gasteiger partial charge on any atom is 0.376 e. The molecule has 0 saturated carbocycles. The van der Waals surface area contributed by atoms with Gasteiger partial charge in [0.2, 0.25) is 11.5 Å². The summed E-state index contributed by atoms with van der Waals surface area (Å²) >= 11 is 5.32. The van der Waals surface area contributed by atoms with Crippen LogP contribution in [0.5, 0.6) is 0 Å². The standard InChI is InChI=1S/C7H9NO3.C6H9ClO3.C5H5NO3/c1-3-10-7(9)6-5(2)8-4-11-6;1-3-10-6(9)5(7)4(2)8;1-3-4(5(7)8)9-2-6-3/h4H,3H2,1-2H3;5H,3H2,1-2H3;2H,1H3,(H,7,8). The first-order chi connectivity index (χ1) is 14.1. The van der Waals surface area contributed by atoms with Gasteiger partial charge in [-0.3, -0.25) is 4.79 Å². The number of aromatic nitrogens is 2. The summed E-state index contributed by atoms with van der Waals surface area (Å²) in [4.78, 5) is 49.5. The molecule has 11 nitrogen and oxygen atoms in total. The molecule has 0 aliphatic carbocycles. The van der Waals surface area contributed by atoms with Gasteiger partial charge in [-0.15, -0.1) is 11.6 Å². The van der Waals surface area contributed by atoms with E-state index in [0.29, 0.717) is 18.0 Å². The van der Waals surface area contributed by atoms with E-state index in [9.17, 15) is 19.2 Å². The monoisotopic (exact) mass is 446 g/mol. The Morgan fingerprint density at radius 2 is 1.47 bits per heavy atom. The topological polar surface area (TPSA) is 159 Å². The third kappa shape index (κ3) is 9.32. The van der Waals surface area contributed by atoms with Crippen LogP contribution >= 0.6 is 11.6 Å². The van der Waals surface area contributed by atoms with Crippen molar-refractivity contribution in [1.29, 1.82) is 0 Å². The number of Topliss-reactive ketones (excluding diaryl/α,β-unsaturated/α-hetero) is 1. The van der Waals surface area contributed by atoms with Gasteiger partial charge >= 0.3 is 17.9 Å². The Hall–Kier alpha value is -3.21. The number of aryl methyl sites for hydroxylation is 2. The average molecular weight is 447 g/mol. The van der Waals surface area contributed by atoms with Crippen molar-refractivity contribution < 1.29 is 42.6 Å². The number of hydrogen-bond donors (Lipinski definition) is 1. The van der Waals surface area contributed by atoms with E-state index in [4.69, 9.17) is 25.9 Å². The first-order valence-electron chi connectivity index (χ1n) is 8.58. The number of ether oxygens (including phenoxy) is 2. The van der Waals surface area contributed by atoms with E-state index in [2.05, 4.69) is 19.1 Å². The van der Waals surface area contributed by atoms with Crippen LogP contribution in [0.3, 0.4) is 0 Å². The van der Waals surface area contributed by atoms with Gasteiger partial charge in [0, 0.05) is 0 Å². The molecule has 0 aliphatic heterocycles. The number of carboxylic acid groups (broad SMARTS) is 1. The highest BCUT2D eigenvalue weighted by atomic mass is 35.5. The van der Waals surface area contributed by atoms with Gasteiger partial charge in [-0.2, -0.15) is 0 Å². The Kier molecular flexibility index (Phi) is 12.4. The number of ketones is 1. The van der Waals surface area contributed by atoms with Crippen molar-refractivity contribution in [2.24, 2.45) is 0 Å². The third-order valence-electron chi connectivity index (χ3n) is 3.00. The van der Waals surface area contributed by atoms with E-state index in [-0.39, 0.29) is 23.9 Å². The molecule has 12 heteroatoms. The molecule has 0 aliphatic rings. The summed E-state index contributed by atoms with van der Waals surface area (Å²) in [6.07, 6.45) is 2.33. The number of carbonyl (C=O) groups is 4. The first-order valence-corrected chi connectivity index (χ1v) is 9.02. The van der Waals surface area contributed by atoms with Crippen LogP contribution in [0.25, 0.3) is 0 Å². The molecule has 0 spiro atoms. The van der Waals surface area contributed by atoms with Crippen LogP contribution in [0.1, 0.15) is 53.3 Å². The zero-order chi connectivity index (χ0) is 23.3. The normalized spacial score (nSPS) is 10.5. The molecule has 2 heterocycles. The molecule has 2 aromatic rings. The molecule has 0 aromatic carbocycles. The lowest BCUT2D eigenvalue weighted by atomic mass is 10.3. The largest absolute Gasteiger partial charge is 0.475 e. The second kappa shape index (κ2) is 13.9. The molecule has 1 atom stereocenters. The molecule has 2 aromatic heterocycles. The fraction of sp³-hybridized carbons (Fsp3) is 0.444. The van der Waals surface area contributed by atoms with Gasteiger partial charge < -0.3 is 23.4 Å². The fourth-order valence-corrected chi connectivity index (χ4v) is 1.65. The van der Waals surface area contributed by atoms with Crippen molar-refractivity contribution in [2.45, 2.75) is 40.0 Å².